The summed E-state index contributed by atoms with van der Waals surface area (Å²) in [5.41, 5.74) is 3.78. The quantitative estimate of drug-likeness (QED) is 0.439. The summed E-state index contributed by atoms with van der Waals surface area (Å²) in [6.07, 6.45) is 2.75. The summed E-state index contributed by atoms with van der Waals surface area (Å²) in [5, 5.41) is 6.73. The van der Waals surface area contributed by atoms with Gasteiger partial charge in [0.05, 0.1) is 0 Å². The molecule has 1 aliphatic rings. The van der Waals surface area contributed by atoms with Gasteiger partial charge < -0.3 is 0 Å². The van der Waals surface area contributed by atoms with Crippen LogP contribution in [-0.2, 0) is 19.3 Å². The maximum atomic E-state index is 4.96. The van der Waals surface area contributed by atoms with Gasteiger partial charge in [-0.25, -0.2) is 0 Å². The normalized spacial score (nSPS) is 14.0. The van der Waals surface area contributed by atoms with Crippen molar-refractivity contribution in [3.05, 3.63) is 53.0 Å². The Hall–Kier alpha value is -1.19. The molecule has 0 saturated heterocycles. The third-order valence-corrected chi connectivity index (χ3v) is 5.59. The van der Waals surface area contributed by atoms with Crippen molar-refractivity contribution in [3.8, 4) is 0 Å². The first-order chi connectivity index (χ1) is 11.8. The Balaban J connectivity index is 2.01. The predicted molar refractivity (Wildman–Crippen MR) is 99.8 cm³/mol. The molecule has 2 heterocycles. The monoisotopic (exact) mass is 514 g/mol. The predicted octanol–water partition coefficient (Wildman–Crippen LogP) is 0.667. The second-order valence-corrected chi connectivity index (χ2v) is 7.09. The number of anilines is 1. The van der Waals surface area contributed by atoms with Crippen LogP contribution in [0.5, 0.6) is 0 Å². The molecule has 5 nitrogen and oxygen atoms in total. The first-order valence-corrected chi connectivity index (χ1v) is 11.0. The van der Waals surface area contributed by atoms with Crippen LogP contribution in [0.15, 0.2) is 30.3 Å². The molecule has 1 aliphatic heterocycles. The fourth-order valence-electron chi connectivity index (χ4n) is 3.04. The summed E-state index contributed by atoms with van der Waals surface area (Å²) in [6.45, 7) is 2.78. The molecule has 0 radical (unpaired) electrons. The zero-order valence-electron chi connectivity index (χ0n) is 14.1. The minimum absolute atomic E-state index is 0.783. The van der Waals surface area contributed by atoms with Gasteiger partial charge in [-0.15, -0.1) is 0 Å². The van der Waals surface area contributed by atoms with E-state index >= 15 is 0 Å². The van der Waals surface area contributed by atoms with Crippen molar-refractivity contribution in [2.45, 2.75) is 19.3 Å². The van der Waals surface area contributed by atoms with E-state index in [1.165, 1.54) is 16.8 Å². The molecular formula is C18H23N5Tl. The van der Waals surface area contributed by atoms with Crippen LogP contribution in [-0.4, -0.2) is 65.7 Å². The molecule has 123 valence electrons. The minimum atomic E-state index is 0.783. The van der Waals surface area contributed by atoms with Gasteiger partial charge in [-0.2, -0.15) is 0 Å². The molecule has 1 aromatic heterocycles. The number of fused-ring (bicyclic) bond motifs is 1. The molecule has 24 heavy (non-hydrogen) atoms. The number of aromatic nitrogens is 2. The third kappa shape index (κ3) is 4.26. The molecule has 0 bridgehead atoms. The molecule has 1 aromatic carbocycles. The van der Waals surface area contributed by atoms with E-state index in [-0.39, 0.29) is 0 Å². The average Bonchev–Trinajstić information content (AvgIpc) is 2.85. The number of hydrogen-bond acceptors (Lipinski definition) is 5. The fourth-order valence-corrected chi connectivity index (χ4v) is 4.00. The van der Waals surface area contributed by atoms with E-state index in [4.69, 9.17) is 9.97 Å². The Morgan fingerprint density at radius 3 is 2.75 bits per heavy atom. The zero-order chi connectivity index (χ0) is 16.8. The van der Waals surface area contributed by atoms with Gasteiger partial charge in [-0.05, 0) is 0 Å². The summed E-state index contributed by atoms with van der Waals surface area (Å²) < 4.78 is 2.25. The van der Waals surface area contributed by atoms with Gasteiger partial charge in [0, 0.05) is 0 Å². The Labute approximate surface area is 159 Å². The van der Waals surface area contributed by atoms with Gasteiger partial charge in [0.25, 0.3) is 0 Å². The molecule has 3 rings (SSSR count). The molecular weight excluding hydrogens is 491 g/mol. The number of nitrogens with zero attached hydrogens (tertiary/aromatic N) is 3. The van der Waals surface area contributed by atoms with Crippen molar-refractivity contribution in [1.29, 1.82) is 0 Å². The van der Waals surface area contributed by atoms with Crippen molar-refractivity contribution in [2.24, 2.45) is 0 Å². The van der Waals surface area contributed by atoms with Crippen molar-refractivity contribution in [2.75, 3.05) is 31.7 Å². The van der Waals surface area contributed by atoms with Crippen LogP contribution in [0.3, 0.4) is 0 Å². The molecule has 2 aromatic rings. The molecule has 0 aliphatic carbocycles. The first-order valence-electron chi connectivity index (χ1n) is 8.41. The van der Waals surface area contributed by atoms with Crippen LogP contribution in [0.2, 0.25) is 0 Å². The topological polar surface area (TPSA) is 53.1 Å². The van der Waals surface area contributed by atoms with Crippen LogP contribution < -0.4 is 15.5 Å². The average molecular weight is 514 g/mol. The van der Waals surface area contributed by atoms with Crippen molar-refractivity contribution in [3.63, 3.8) is 0 Å². The van der Waals surface area contributed by atoms with Gasteiger partial charge >= 0.3 is 159 Å². The molecule has 0 fully saturated rings. The van der Waals surface area contributed by atoms with Crippen LogP contribution in [0, 0.1) is 0 Å². The second-order valence-electron chi connectivity index (χ2n) is 5.93. The van der Waals surface area contributed by atoms with E-state index in [2.05, 4.69) is 43.5 Å². The Kier molecular flexibility index (Phi) is 6.45. The van der Waals surface area contributed by atoms with Crippen molar-refractivity contribution >= 4 is 34.8 Å². The maximum absolute atomic E-state index is 4.96. The van der Waals surface area contributed by atoms with Crippen LogP contribution in [0.1, 0.15) is 22.6 Å². The van der Waals surface area contributed by atoms with Gasteiger partial charge in [0.2, 0.25) is 0 Å². The van der Waals surface area contributed by atoms with Gasteiger partial charge in [0.15, 0.2) is 0 Å². The molecule has 0 amide bonds. The summed E-state index contributed by atoms with van der Waals surface area (Å²) in [7, 11) is 1.98. The first kappa shape index (κ1) is 17.6. The molecule has 0 saturated carbocycles. The Morgan fingerprint density at radius 2 is 2.00 bits per heavy atom. The van der Waals surface area contributed by atoms with E-state index in [1.54, 1.807) is 0 Å². The van der Waals surface area contributed by atoms with Gasteiger partial charge in [-0.3, -0.25) is 0 Å². The third-order valence-electron chi connectivity index (χ3n) is 4.19. The molecule has 2 N–H and O–H groups in total. The molecule has 0 atom stereocenters. The fraction of sp³-hybridized carbons (Fsp3) is 0.389. The van der Waals surface area contributed by atoms with E-state index in [9.17, 15) is 0 Å². The zero-order valence-corrected chi connectivity index (χ0v) is 18.6. The number of rotatable bonds is 6. The summed E-state index contributed by atoms with van der Waals surface area (Å²) in [4.78, 5) is 12.1. The molecule has 0 spiro atoms. The number of hydrogen-bond donors (Lipinski definition) is 2. The van der Waals surface area contributed by atoms with E-state index < -0.39 is 0 Å². The van der Waals surface area contributed by atoms with Gasteiger partial charge in [-0.1, -0.05) is 0 Å². The van der Waals surface area contributed by atoms with Crippen LogP contribution >= 0.6 is 0 Å². The van der Waals surface area contributed by atoms with E-state index in [0.717, 1.165) is 75.9 Å². The number of benzene rings is 1. The SMILES string of the molecule is CNCN([CH]=[Tl])c1nc(Cc2ccccc2)nc2c1CCNCC2. The number of nitrogens with one attached hydrogen (secondary N) is 2. The van der Waals surface area contributed by atoms with E-state index in [1.807, 2.05) is 13.1 Å². The molecule has 6 heteroatoms. The summed E-state index contributed by atoms with van der Waals surface area (Å²) in [5.74, 6) is 2.01. The standard InChI is InChI=1S/C18H23N5.Tl/c1-19-13-23(2)18-15-8-10-20-11-9-16(15)21-17(22-18)12-14-6-4-3-5-7-14;/h2-7,19-20H,8-13H2,1H3;. The Bertz CT molecular complexity index is 689. The summed E-state index contributed by atoms with van der Waals surface area (Å²) in [6, 6.07) is 10.5. The Morgan fingerprint density at radius 1 is 1.21 bits per heavy atom. The van der Waals surface area contributed by atoms with Crippen LogP contribution in [0.25, 0.3) is 0 Å². The van der Waals surface area contributed by atoms with Gasteiger partial charge in [0.1, 0.15) is 0 Å². The van der Waals surface area contributed by atoms with E-state index in [0.29, 0.717) is 0 Å². The molecule has 0 unspecified atom stereocenters. The van der Waals surface area contributed by atoms with Crippen molar-refractivity contribution in [1.82, 2.24) is 20.6 Å². The second kappa shape index (κ2) is 8.78. The van der Waals surface area contributed by atoms with Crippen LogP contribution in [0.4, 0.5) is 5.82 Å². The van der Waals surface area contributed by atoms with Crippen molar-refractivity contribution < 1.29 is 0 Å². The summed E-state index contributed by atoms with van der Waals surface area (Å²) >= 11 is 0.787.